The van der Waals surface area contributed by atoms with Crippen molar-refractivity contribution in [3.05, 3.63) is 64.7 Å². The highest BCUT2D eigenvalue weighted by atomic mass is 16.5. The van der Waals surface area contributed by atoms with Crippen LogP contribution in [0.2, 0.25) is 0 Å². The van der Waals surface area contributed by atoms with E-state index in [9.17, 15) is 9.59 Å². The number of carbonyl (C=O) groups excluding carboxylic acids is 2. The molecule has 0 aliphatic carbocycles. The number of hydrogen-bond acceptors (Lipinski definition) is 4. The smallest absolute Gasteiger partial charge is 0.260 e. The number of ether oxygens (including phenoxy) is 2. The van der Waals surface area contributed by atoms with Crippen molar-refractivity contribution >= 4 is 11.8 Å². The molecule has 0 aromatic heterocycles. The van der Waals surface area contributed by atoms with Gasteiger partial charge in [-0.25, -0.2) is 0 Å². The maximum Gasteiger partial charge on any atom is 0.260 e. The molecule has 0 spiro atoms. The summed E-state index contributed by atoms with van der Waals surface area (Å²) in [7, 11) is 1.59. The first-order chi connectivity index (χ1) is 14.9. The Kier molecular flexibility index (Phi) is 7.69. The lowest BCUT2D eigenvalue weighted by molar-refractivity contribution is -0.133. The number of rotatable bonds is 8. The molecule has 0 saturated heterocycles. The fraction of sp³-hybridized carbons (Fsp3) is 0.440. The van der Waals surface area contributed by atoms with Crippen molar-refractivity contribution in [2.45, 2.75) is 45.8 Å². The maximum atomic E-state index is 12.8. The van der Waals surface area contributed by atoms with E-state index in [1.54, 1.807) is 14.0 Å². The lowest BCUT2D eigenvalue weighted by atomic mass is 9.87. The highest BCUT2D eigenvalue weighted by Crippen LogP contribution is 2.38. The monoisotopic (exact) mass is 424 g/mol. The zero-order chi connectivity index (χ0) is 22.4. The fourth-order valence-corrected chi connectivity index (χ4v) is 4.02. The molecule has 2 aromatic carbocycles. The van der Waals surface area contributed by atoms with Gasteiger partial charge >= 0.3 is 0 Å². The van der Waals surface area contributed by atoms with E-state index in [-0.39, 0.29) is 17.9 Å². The Morgan fingerprint density at radius 1 is 1.23 bits per heavy atom. The summed E-state index contributed by atoms with van der Waals surface area (Å²) >= 11 is 0. The zero-order valence-corrected chi connectivity index (χ0v) is 18.8. The number of nitrogens with zero attached hydrogens (tertiary/aromatic N) is 1. The van der Waals surface area contributed by atoms with E-state index in [0.29, 0.717) is 31.9 Å². The van der Waals surface area contributed by atoms with E-state index in [1.165, 1.54) is 5.56 Å². The molecule has 0 radical (unpaired) electrons. The third-order valence-corrected chi connectivity index (χ3v) is 5.61. The van der Waals surface area contributed by atoms with Gasteiger partial charge in [0.1, 0.15) is 5.75 Å². The zero-order valence-electron chi connectivity index (χ0n) is 18.8. The summed E-state index contributed by atoms with van der Waals surface area (Å²) in [5.74, 6) is 0.568. The highest BCUT2D eigenvalue weighted by Gasteiger charge is 2.32. The Balaban J connectivity index is 1.90. The molecular formula is C25H32N2O4. The fourth-order valence-electron chi connectivity index (χ4n) is 4.02. The molecule has 166 valence electrons. The minimum atomic E-state index is -0.635. The highest BCUT2D eigenvalue weighted by molar-refractivity contribution is 5.80. The maximum absolute atomic E-state index is 12.8. The normalized spacial score (nSPS) is 16.4. The molecule has 1 heterocycles. The summed E-state index contributed by atoms with van der Waals surface area (Å²) in [6, 6.07) is 14.1. The molecule has 2 amide bonds. The Hall–Kier alpha value is -2.86. The van der Waals surface area contributed by atoms with Crippen LogP contribution in [0.25, 0.3) is 0 Å². The predicted octanol–water partition coefficient (Wildman–Crippen LogP) is 3.41. The minimum Gasteiger partial charge on any atom is -0.481 e. The molecule has 2 atom stereocenters. The second-order valence-corrected chi connectivity index (χ2v) is 7.91. The number of hydrogen-bond donors (Lipinski definition) is 1. The Morgan fingerprint density at radius 2 is 2.03 bits per heavy atom. The average molecular weight is 425 g/mol. The standard InChI is InChI=1S/C25H32N2O4/c1-5-23(28)27-13-11-19-9-10-21(31-18(3)25(29)26-12-14-30-4)16-22(19)24(27)20-8-6-7-17(2)15-20/h6-10,15-16,18,24H,5,11-14H2,1-4H3,(H,26,29). The van der Waals surface area contributed by atoms with Gasteiger partial charge in [0.15, 0.2) is 6.10 Å². The predicted molar refractivity (Wildman–Crippen MR) is 120 cm³/mol. The molecule has 3 rings (SSSR count). The number of amides is 2. The largest absolute Gasteiger partial charge is 0.481 e. The Morgan fingerprint density at radius 3 is 2.74 bits per heavy atom. The van der Waals surface area contributed by atoms with Crippen molar-refractivity contribution in [2.24, 2.45) is 0 Å². The topological polar surface area (TPSA) is 67.9 Å². The van der Waals surface area contributed by atoms with E-state index in [4.69, 9.17) is 9.47 Å². The molecule has 6 nitrogen and oxygen atoms in total. The van der Waals surface area contributed by atoms with Gasteiger partial charge in [-0.1, -0.05) is 42.8 Å². The molecular weight excluding hydrogens is 392 g/mol. The van der Waals surface area contributed by atoms with E-state index in [1.807, 2.05) is 30.0 Å². The van der Waals surface area contributed by atoms with Gasteiger partial charge in [0.2, 0.25) is 5.91 Å². The van der Waals surface area contributed by atoms with Gasteiger partial charge in [0.05, 0.1) is 12.6 Å². The van der Waals surface area contributed by atoms with Crippen molar-refractivity contribution in [3.8, 4) is 5.75 Å². The van der Waals surface area contributed by atoms with Crippen LogP contribution in [0.15, 0.2) is 42.5 Å². The number of nitrogens with one attached hydrogen (secondary N) is 1. The van der Waals surface area contributed by atoms with E-state index in [2.05, 4.69) is 36.5 Å². The van der Waals surface area contributed by atoms with E-state index >= 15 is 0 Å². The van der Waals surface area contributed by atoms with Crippen LogP contribution in [0.1, 0.15) is 48.6 Å². The van der Waals surface area contributed by atoms with Crippen molar-refractivity contribution in [2.75, 3.05) is 26.8 Å². The van der Waals surface area contributed by atoms with Gasteiger partial charge in [0, 0.05) is 26.6 Å². The summed E-state index contributed by atoms with van der Waals surface area (Å²) in [5, 5.41) is 2.79. The molecule has 0 saturated carbocycles. The average Bonchev–Trinajstić information content (AvgIpc) is 2.77. The van der Waals surface area contributed by atoms with Crippen molar-refractivity contribution in [3.63, 3.8) is 0 Å². The SMILES string of the molecule is CCC(=O)N1CCc2ccc(OC(C)C(=O)NCCOC)cc2C1c1cccc(C)c1. The first-order valence-electron chi connectivity index (χ1n) is 10.9. The van der Waals surface area contributed by atoms with Crippen LogP contribution in [-0.4, -0.2) is 49.6 Å². The molecule has 31 heavy (non-hydrogen) atoms. The van der Waals surface area contributed by atoms with E-state index < -0.39 is 6.10 Å². The van der Waals surface area contributed by atoms with Crippen LogP contribution in [0, 0.1) is 6.92 Å². The molecule has 0 fully saturated rings. The summed E-state index contributed by atoms with van der Waals surface area (Å²) in [4.78, 5) is 27.0. The van der Waals surface area contributed by atoms with Crippen molar-refractivity contribution < 1.29 is 19.1 Å². The first kappa shape index (κ1) is 22.8. The molecule has 1 N–H and O–H groups in total. The Labute approximate surface area is 184 Å². The van der Waals surface area contributed by atoms with Crippen molar-refractivity contribution in [1.82, 2.24) is 10.2 Å². The summed E-state index contributed by atoms with van der Waals surface area (Å²) in [6.07, 6.45) is 0.632. The Bertz CT molecular complexity index is 927. The van der Waals surface area contributed by atoms with Crippen LogP contribution in [0.4, 0.5) is 0 Å². The first-order valence-corrected chi connectivity index (χ1v) is 10.9. The van der Waals surface area contributed by atoms with Gasteiger partial charge in [-0.3, -0.25) is 9.59 Å². The van der Waals surface area contributed by atoms with Crippen molar-refractivity contribution in [1.29, 1.82) is 0 Å². The van der Waals surface area contributed by atoms with Crippen LogP contribution in [0.5, 0.6) is 5.75 Å². The number of benzene rings is 2. The molecule has 1 aliphatic heterocycles. The summed E-state index contributed by atoms with van der Waals surface area (Å²) in [6.45, 7) is 7.27. The van der Waals surface area contributed by atoms with Crippen LogP contribution in [-0.2, 0) is 20.7 Å². The van der Waals surface area contributed by atoms with Gasteiger partial charge in [0.25, 0.3) is 5.91 Å². The van der Waals surface area contributed by atoms with Gasteiger partial charge in [-0.2, -0.15) is 0 Å². The number of fused-ring (bicyclic) bond motifs is 1. The number of carbonyl (C=O) groups is 2. The van der Waals surface area contributed by atoms with Crippen LogP contribution < -0.4 is 10.1 Å². The second-order valence-electron chi connectivity index (χ2n) is 7.91. The lowest BCUT2D eigenvalue weighted by Gasteiger charge is -2.38. The molecule has 2 aromatic rings. The minimum absolute atomic E-state index is 0.134. The molecule has 0 bridgehead atoms. The van der Waals surface area contributed by atoms with Crippen LogP contribution >= 0.6 is 0 Å². The third kappa shape index (κ3) is 5.44. The van der Waals surface area contributed by atoms with Gasteiger partial charge in [-0.05, 0) is 49.1 Å². The quantitative estimate of drug-likeness (QED) is 0.660. The summed E-state index contributed by atoms with van der Waals surface area (Å²) in [5.41, 5.74) is 4.51. The second kappa shape index (κ2) is 10.4. The molecule has 6 heteroatoms. The molecule has 2 unspecified atom stereocenters. The van der Waals surface area contributed by atoms with Crippen LogP contribution in [0.3, 0.4) is 0 Å². The van der Waals surface area contributed by atoms with Gasteiger partial charge in [-0.15, -0.1) is 0 Å². The number of aryl methyl sites for hydroxylation is 1. The lowest BCUT2D eigenvalue weighted by Crippen LogP contribution is -2.40. The summed E-state index contributed by atoms with van der Waals surface area (Å²) < 4.78 is 10.9. The van der Waals surface area contributed by atoms with E-state index in [0.717, 1.165) is 23.1 Å². The number of methoxy groups -OCH3 is 1. The third-order valence-electron chi connectivity index (χ3n) is 5.61. The molecule has 1 aliphatic rings. The van der Waals surface area contributed by atoms with Gasteiger partial charge < -0.3 is 19.7 Å².